The lowest BCUT2D eigenvalue weighted by Gasteiger charge is -2.59. The molecule has 1 heterocycles. The van der Waals surface area contributed by atoms with E-state index in [2.05, 4.69) is 30.6 Å². The first-order valence-corrected chi connectivity index (χ1v) is 9.29. The number of thiophene rings is 1. The van der Waals surface area contributed by atoms with Gasteiger partial charge in [-0.3, -0.25) is 0 Å². The van der Waals surface area contributed by atoms with Crippen LogP contribution in [-0.4, -0.2) is 6.04 Å². The second-order valence-corrected chi connectivity index (χ2v) is 8.91. The first kappa shape index (κ1) is 13.3. The van der Waals surface area contributed by atoms with Crippen LogP contribution in [0.4, 0.5) is 0 Å². The van der Waals surface area contributed by atoms with Crippen LogP contribution in [0.1, 0.15) is 55.9 Å². The summed E-state index contributed by atoms with van der Waals surface area (Å²) in [4.78, 5) is 1.53. The Labute approximate surface area is 127 Å². The predicted molar refractivity (Wildman–Crippen MR) is 86.0 cm³/mol. The van der Waals surface area contributed by atoms with Crippen molar-refractivity contribution in [3.05, 3.63) is 21.9 Å². The molecule has 0 saturated heterocycles. The van der Waals surface area contributed by atoms with E-state index in [-0.39, 0.29) is 0 Å². The van der Waals surface area contributed by atoms with Crippen molar-refractivity contribution in [2.24, 2.45) is 23.2 Å². The van der Waals surface area contributed by atoms with Crippen LogP contribution in [0.5, 0.6) is 0 Å². The molecule has 0 unspecified atom stereocenters. The topological polar surface area (TPSA) is 12.0 Å². The van der Waals surface area contributed by atoms with E-state index in [9.17, 15) is 0 Å². The molecular formula is C18H27NS. The number of nitrogens with one attached hydrogen (secondary N) is 1. The number of hydrogen-bond acceptors (Lipinski definition) is 2. The molecule has 1 N–H and O–H groups in total. The molecule has 2 heteroatoms. The van der Waals surface area contributed by atoms with Gasteiger partial charge in [0.15, 0.2) is 0 Å². The van der Waals surface area contributed by atoms with Crippen LogP contribution >= 0.6 is 11.3 Å². The molecule has 0 radical (unpaired) electrons. The van der Waals surface area contributed by atoms with Crippen molar-refractivity contribution in [2.75, 3.05) is 0 Å². The van der Waals surface area contributed by atoms with Crippen LogP contribution in [0.15, 0.2) is 11.4 Å². The molecule has 0 spiro atoms. The molecule has 0 aliphatic heterocycles. The van der Waals surface area contributed by atoms with Gasteiger partial charge in [0, 0.05) is 17.5 Å². The lowest BCUT2D eigenvalue weighted by atomic mass is 9.48. The molecule has 4 saturated carbocycles. The van der Waals surface area contributed by atoms with Crippen LogP contribution < -0.4 is 5.32 Å². The van der Waals surface area contributed by atoms with E-state index in [1.807, 2.05) is 11.3 Å². The van der Waals surface area contributed by atoms with Crippen molar-refractivity contribution in [1.29, 1.82) is 0 Å². The summed E-state index contributed by atoms with van der Waals surface area (Å²) in [5.41, 5.74) is 2.10. The lowest BCUT2D eigenvalue weighted by molar-refractivity contribution is -0.0706. The highest BCUT2D eigenvalue weighted by molar-refractivity contribution is 7.10. The minimum absolute atomic E-state index is 0.639. The summed E-state index contributed by atoms with van der Waals surface area (Å²) in [7, 11) is 0. The van der Waals surface area contributed by atoms with E-state index in [0.717, 1.165) is 24.3 Å². The predicted octanol–water partition coefficient (Wildman–Crippen LogP) is 4.75. The van der Waals surface area contributed by atoms with Gasteiger partial charge < -0.3 is 5.32 Å². The largest absolute Gasteiger partial charge is 0.309 e. The second kappa shape index (κ2) is 4.84. The Hall–Kier alpha value is -0.340. The molecule has 1 aromatic rings. The van der Waals surface area contributed by atoms with Crippen LogP contribution in [-0.2, 0) is 6.54 Å². The third kappa shape index (κ3) is 2.16. The third-order valence-corrected chi connectivity index (χ3v) is 7.56. The SMILES string of the molecule is Cc1ccsc1CN[C@@H](C)C12CC3CC(CC(C3)C1)C2. The van der Waals surface area contributed by atoms with E-state index in [1.165, 1.54) is 29.7 Å². The molecule has 4 bridgehead atoms. The van der Waals surface area contributed by atoms with E-state index >= 15 is 0 Å². The van der Waals surface area contributed by atoms with Crippen molar-refractivity contribution >= 4 is 11.3 Å². The summed E-state index contributed by atoms with van der Waals surface area (Å²) in [5, 5.41) is 6.12. The van der Waals surface area contributed by atoms with E-state index < -0.39 is 0 Å². The van der Waals surface area contributed by atoms with Gasteiger partial charge in [-0.2, -0.15) is 0 Å². The van der Waals surface area contributed by atoms with Crippen LogP contribution in [0.2, 0.25) is 0 Å². The summed E-state index contributed by atoms with van der Waals surface area (Å²) in [6.07, 6.45) is 9.19. The van der Waals surface area contributed by atoms with Gasteiger partial charge in [0.2, 0.25) is 0 Å². The molecule has 1 nitrogen and oxygen atoms in total. The van der Waals surface area contributed by atoms with Crippen LogP contribution in [0, 0.1) is 30.1 Å². The Morgan fingerprint density at radius 3 is 2.30 bits per heavy atom. The summed E-state index contributed by atoms with van der Waals surface area (Å²) >= 11 is 1.91. The van der Waals surface area contributed by atoms with E-state index in [0.29, 0.717) is 11.5 Å². The second-order valence-electron chi connectivity index (χ2n) is 7.91. The van der Waals surface area contributed by atoms with Crippen molar-refractivity contribution in [3.63, 3.8) is 0 Å². The highest BCUT2D eigenvalue weighted by Crippen LogP contribution is 2.61. The molecule has 0 aromatic carbocycles. The average Bonchev–Trinajstić information content (AvgIpc) is 2.80. The maximum Gasteiger partial charge on any atom is 0.0305 e. The fourth-order valence-corrected chi connectivity index (χ4v) is 6.61. The Balaban J connectivity index is 1.45. The summed E-state index contributed by atoms with van der Waals surface area (Å²) in [5.74, 6) is 3.19. The van der Waals surface area contributed by atoms with Crippen molar-refractivity contribution < 1.29 is 0 Å². The lowest BCUT2D eigenvalue weighted by Crippen LogP contribution is -2.54. The molecule has 1 aromatic heterocycles. The summed E-state index contributed by atoms with van der Waals surface area (Å²) < 4.78 is 0. The normalized spacial score (nSPS) is 40.2. The zero-order chi connectivity index (χ0) is 13.7. The van der Waals surface area contributed by atoms with Gasteiger partial charge in [0.1, 0.15) is 0 Å². The van der Waals surface area contributed by atoms with Crippen molar-refractivity contribution in [3.8, 4) is 0 Å². The van der Waals surface area contributed by atoms with E-state index in [4.69, 9.17) is 0 Å². The van der Waals surface area contributed by atoms with Crippen molar-refractivity contribution in [1.82, 2.24) is 5.32 Å². The number of aryl methyl sites for hydroxylation is 1. The van der Waals surface area contributed by atoms with Gasteiger partial charge in [0.25, 0.3) is 0 Å². The highest BCUT2D eigenvalue weighted by atomic mass is 32.1. The molecule has 110 valence electrons. The van der Waals surface area contributed by atoms with Crippen LogP contribution in [0.25, 0.3) is 0 Å². The summed E-state index contributed by atoms with van der Waals surface area (Å²) in [6.45, 7) is 5.78. The van der Waals surface area contributed by atoms with Gasteiger partial charge in [0.05, 0.1) is 0 Å². The number of rotatable bonds is 4. The number of hydrogen-bond donors (Lipinski definition) is 1. The van der Waals surface area contributed by atoms with Gasteiger partial charge in [-0.25, -0.2) is 0 Å². The van der Waals surface area contributed by atoms with Crippen molar-refractivity contribution in [2.45, 2.75) is 65.0 Å². The van der Waals surface area contributed by atoms with Gasteiger partial charge in [-0.1, -0.05) is 0 Å². The molecule has 5 rings (SSSR count). The summed E-state index contributed by atoms with van der Waals surface area (Å²) in [6, 6.07) is 2.94. The quantitative estimate of drug-likeness (QED) is 0.843. The zero-order valence-corrected chi connectivity index (χ0v) is 13.6. The van der Waals surface area contributed by atoms with Gasteiger partial charge >= 0.3 is 0 Å². The fraction of sp³-hybridized carbons (Fsp3) is 0.778. The smallest absolute Gasteiger partial charge is 0.0305 e. The van der Waals surface area contributed by atoms with Crippen LogP contribution in [0.3, 0.4) is 0 Å². The molecule has 4 fully saturated rings. The maximum atomic E-state index is 3.89. The van der Waals surface area contributed by atoms with E-state index in [1.54, 1.807) is 19.3 Å². The first-order valence-electron chi connectivity index (χ1n) is 8.41. The van der Waals surface area contributed by atoms with Gasteiger partial charge in [-0.05, 0) is 92.6 Å². The minimum atomic E-state index is 0.639. The zero-order valence-electron chi connectivity index (χ0n) is 12.8. The monoisotopic (exact) mass is 289 g/mol. The highest BCUT2D eigenvalue weighted by Gasteiger charge is 2.52. The Kier molecular flexibility index (Phi) is 3.23. The molecule has 4 aliphatic carbocycles. The Morgan fingerprint density at radius 2 is 1.80 bits per heavy atom. The Bertz CT molecular complexity index is 454. The molecule has 20 heavy (non-hydrogen) atoms. The maximum absolute atomic E-state index is 3.89. The standard InChI is InChI=1S/C18H27NS/c1-12-3-4-20-17(12)11-19-13(2)18-8-14-5-15(9-18)7-16(6-14)10-18/h3-4,13-16,19H,5-11H2,1-2H3/t13-,14?,15?,16?,18?/m0/s1. The first-order chi connectivity index (χ1) is 9.64. The average molecular weight is 289 g/mol. The molecule has 0 amide bonds. The third-order valence-electron chi connectivity index (χ3n) is 6.54. The van der Waals surface area contributed by atoms with Gasteiger partial charge in [-0.15, -0.1) is 11.3 Å². The molecule has 4 aliphatic rings. The Morgan fingerprint density at radius 1 is 1.20 bits per heavy atom. The minimum Gasteiger partial charge on any atom is -0.309 e. The molecule has 1 atom stereocenters. The fourth-order valence-electron chi connectivity index (χ4n) is 5.76. The molecular weight excluding hydrogens is 262 g/mol.